The number of amides is 1. The SMILES string of the molecule is CCOC(=O)C1CCCN(C(=O)c2cccc(OCc3cscn3)c2)C1. The maximum absolute atomic E-state index is 12.8. The fraction of sp³-hybridized carbons (Fsp3) is 0.421. The molecular weight excluding hydrogens is 352 g/mol. The number of likely N-dealkylation sites (tertiary alicyclic amines) is 1. The Hall–Kier alpha value is -2.41. The Balaban J connectivity index is 1.63. The largest absolute Gasteiger partial charge is 0.487 e. The molecule has 0 spiro atoms. The predicted molar refractivity (Wildman–Crippen MR) is 98.1 cm³/mol. The van der Waals surface area contributed by atoms with Crippen LogP contribution in [0.1, 0.15) is 35.8 Å². The minimum absolute atomic E-state index is 0.0851. The van der Waals surface area contributed by atoms with E-state index >= 15 is 0 Å². The first-order chi connectivity index (χ1) is 12.7. The van der Waals surface area contributed by atoms with Crippen molar-refractivity contribution in [1.82, 2.24) is 9.88 Å². The predicted octanol–water partition coefficient (Wildman–Crippen LogP) is 3.14. The van der Waals surface area contributed by atoms with Gasteiger partial charge >= 0.3 is 5.97 Å². The van der Waals surface area contributed by atoms with Crippen LogP contribution >= 0.6 is 11.3 Å². The molecule has 7 heteroatoms. The van der Waals surface area contributed by atoms with Gasteiger partial charge in [-0.25, -0.2) is 4.98 Å². The summed E-state index contributed by atoms with van der Waals surface area (Å²) in [6.45, 7) is 3.58. The van der Waals surface area contributed by atoms with Gasteiger partial charge in [0.1, 0.15) is 12.4 Å². The molecule has 0 N–H and O–H groups in total. The first-order valence-corrected chi connectivity index (χ1v) is 9.67. The molecule has 138 valence electrons. The molecule has 1 aromatic carbocycles. The van der Waals surface area contributed by atoms with Gasteiger partial charge < -0.3 is 14.4 Å². The standard InChI is InChI=1S/C19H22N2O4S/c1-2-24-19(23)15-6-4-8-21(10-15)18(22)14-5-3-7-17(9-14)25-11-16-12-26-13-20-16/h3,5,7,9,12-13,15H,2,4,6,8,10-11H2,1H3. The zero-order valence-corrected chi connectivity index (χ0v) is 15.5. The number of nitrogens with zero attached hydrogens (tertiary/aromatic N) is 2. The number of carbonyl (C=O) groups is 2. The highest BCUT2D eigenvalue weighted by atomic mass is 32.1. The van der Waals surface area contributed by atoms with Crippen LogP contribution in [0.5, 0.6) is 5.75 Å². The molecule has 1 amide bonds. The zero-order valence-electron chi connectivity index (χ0n) is 14.7. The van der Waals surface area contributed by atoms with Crippen molar-refractivity contribution in [1.29, 1.82) is 0 Å². The zero-order chi connectivity index (χ0) is 18.4. The van der Waals surface area contributed by atoms with Gasteiger partial charge in [-0.1, -0.05) is 6.07 Å². The molecule has 3 rings (SSSR count). The number of ether oxygens (including phenoxy) is 2. The molecule has 26 heavy (non-hydrogen) atoms. The third-order valence-corrected chi connectivity index (χ3v) is 4.91. The van der Waals surface area contributed by atoms with Crippen molar-refractivity contribution in [2.24, 2.45) is 5.92 Å². The van der Waals surface area contributed by atoms with E-state index in [1.54, 1.807) is 35.5 Å². The van der Waals surface area contributed by atoms with Gasteiger partial charge in [-0.2, -0.15) is 0 Å². The van der Waals surface area contributed by atoms with Crippen LogP contribution in [-0.2, 0) is 16.1 Å². The number of carbonyl (C=O) groups excluding carboxylic acids is 2. The molecule has 1 aliphatic rings. The summed E-state index contributed by atoms with van der Waals surface area (Å²) in [6.07, 6.45) is 1.56. The van der Waals surface area contributed by atoms with Crippen molar-refractivity contribution in [2.45, 2.75) is 26.4 Å². The molecule has 1 atom stereocenters. The lowest BCUT2D eigenvalue weighted by atomic mass is 9.97. The van der Waals surface area contributed by atoms with Crippen molar-refractivity contribution < 1.29 is 19.1 Å². The fourth-order valence-electron chi connectivity index (χ4n) is 2.98. The van der Waals surface area contributed by atoms with Crippen LogP contribution in [0.4, 0.5) is 0 Å². The van der Waals surface area contributed by atoms with E-state index in [2.05, 4.69) is 4.98 Å². The van der Waals surface area contributed by atoms with Gasteiger partial charge in [-0.3, -0.25) is 9.59 Å². The monoisotopic (exact) mass is 374 g/mol. The smallest absolute Gasteiger partial charge is 0.310 e. The van der Waals surface area contributed by atoms with E-state index in [0.29, 0.717) is 37.6 Å². The van der Waals surface area contributed by atoms with Crippen molar-refractivity contribution in [3.8, 4) is 5.75 Å². The van der Waals surface area contributed by atoms with Crippen LogP contribution < -0.4 is 4.74 Å². The third-order valence-electron chi connectivity index (χ3n) is 4.28. The van der Waals surface area contributed by atoms with E-state index in [1.165, 1.54) is 11.3 Å². The van der Waals surface area contributed by atoms with Gasteiger partial charge in [0, 0.05) is 24.0 Å². The number of thiazole rings is 1. The molecule has 2 aromatic rings. The van der Waals surface area contributed by atoms with E-state index in [4.69, 9.17) is 9.47 Å². The average molecular weight is 374 g/mol. The number of aromatic nitrogens is 1. The highest BCUT2D eigenvalue weighted by Crippen LogP contribution is 2.22. The topological polar surface area (TPSA) is 68.7 Å². The Morgan fingerprint density at radius 2 is 2.27 bits per heavy atom. The quantitative estimate of drug-likeness (QED) is 0.727. The van der Waals surface area contributed by atoms with E-state index < -0.39 is 0 Å². The first-order valence-electron chi connectivity index (χ1n) is 8.73. The fourth-order valence-corrected chi connectivity index (χ4v) is 3.52. The normalized spacial score (nSPS) is 17.0. The molecule has 0 radical (unpaired) electrons. The highest BCUT2D eigenvalue weighted by Gasteiger charge is 2.29. The van der Waals surface area contributed by atoms with Crippen molar-refractivity contribution >= 4 is 23.2 Å². The number of esters is 1. The number of hydrogen-bond acceptors (Lipinski definition) is 6. The molecule has 1 fully saturated rings. The lowest BCUT2D eigenvalue weighted by Gasteiger charge is -2.31. The second kappa shape index (κ2) is 8.80. The van der Waals surface area contributed by atoms with E-state index in [-0.39, 0.29) is 17.8 Å². The van der Waals surface area contributed by atoms with Crippen LogP contribution in [0.3, 0.4) is 0 Å². The van der Waals surface area contributed by atoms with Gasteiger partial charge in [0.05, 0.1) is 23.7 Å². The summed E-state index contributed by atoms with van der Waals surface area (Å²) in [5, 5.41) is 1.93. The summed E-state index contributed by atoms with van der Waals surface area (Å²) < 4.78 is 10.8. The van der Waals surface area contributed by atoms with Gasteiger partial charge in [-0.15, -0.1) is 11.3 Å². The Morgan fingerprint density at radius 1 is 1.38 bits per heavy atom. The van der Waals surface area contributed by atoms with Crippen molar-refractivity contribution in [2.75, 3.05) is 19.7 Å². The minimum Gasteiger partial charge on any atom is -0.487 e. The molecule has 1 aromatic heterocycles. The summed E-state index contributed by atoms with van der Waals surface area (Å²) in [4.78, 5) is 30.7. The maximum atomic E-state index is 12.8. The maximum Gasteiger partial charge on any atom is 0.310 e. The van der Waals surface area contributed by atoms with Crippen LogP contribution in [0.2, 0.25) is 0 Å². The van der Waals surface area contributed by atoms with E-state index in [0.717, 1.165) is 18.5 Å². The molecule has 0 aliphatic carbocycles. The molecule has 1 aliphatic heterocycles. The summed E-state index contributed by atoms with van der Waals surface area (Å²) in [7, 11) is 0. The van der Waals surface area contributed by atoms with Crippen molar-refractivity contribution in [3.63, 3.8) is 0 Å². The number of piperidine rings is 1. The molecule has 6 nitrogen and oxygen atoms in total. The second-order valence-electron chi connectivity index (χ2n) is 6.14. The summed E-state index contributed by atoms with van der Waals surface area (Å²) in [5.74, 6) is 0.0861. The summed E-state index contributed by atoms with van der Waals surface area (Å²) >= 11 is 1.52. The van der Waals surface area contributed by atoms with Gasteiger partial charge in [0.2, 0.25) is 0 Å². The minimum atomic E-state index is -0.239. The van der Waals surface area contributed by atoms with Crippen LogP contribution in [0.25, 0.3) is 0 Å². The Kier molecular flexibility index (Phi) is 6.22. The van der Waals surface area contributed by atoms with Crippen LogP contribution in [-0.4, -0.2) is 41.5 Å². The van der Waals surface area contributed by atoms with Crippen LogP contribution in [0, 0.1) is 5.92 Å². The molecule has 0 saturated carbocycles. The number of rotatable bonds is 6. The molecule has 2 heterocycles. The lowest BCUT2D eigenvalue weighted by Crippen LogP contribution is -2.42. The van der Waals surface area contributed by atoms with E-state index in [9.17, 15) is 9.59 Å². The van der Waals surface area contributed by atoms with E-state index in [1.807, 2.05) is 11.4 Å². The number of hydrogen-bond donors (Lipinski definition) is 0. The number of benzene rings is 1. The molecule has 1 saturated heterocycles. The molecule has 0 bridgehead atoms. The average Bonchev–Trinajstić information content (AvgIpc) is 3.20. The Bertz CT molecular complexity index is 748. The summed E-state index contributed by atoms with van der Waals surface area (Å²) in [5.41, 5.74) is 3.18. The first kappa shape index (κ1) is 18.4. The Morgan fingerprint density at radius 3 is 3.04 bits per heavy atom. The summed E-state index contributed by atoms with van der Waals surface area (Å²) in [6, 6.07) is 7.13. The van der Waals surface area contributed by atoms with Gasteiger partial charge in [0.15, 0.2) is 0 Å². The van der Waals surface area contributed by atoms with Crippen molar-refractivity contribution in [3.05, 3.63) is 46.4 Å². The highest BCUT2D eigenvalue weighted by molar-refractivity contribution is 7.07. The van der Waals surface area contributed by atoms with Crippen LogP contribution in [0.15, 0.2) is 35.2 Å². The molecule has 1 unspecified atom stereocenters. The Labute approximate surface area is 156 Å². The van der Waals surface area contributed by atoms with Gasteiger partial charge in [0.25, 0.3) is 5.91 Å². The van der Waals surface area contributed by atoms with Gasteiger partial charge in [-0.05, 0) is 38.0 Å². The lowest BCUT2D eigenvalue weighted by molar-refractivity contribution is -0.149. The second-order valence-corrected chi connectivity index (χ2v) is 6.86. The third kappa shape index (κ3) is 4.60. The molecular formula is C19H22N2O4S.